The molecule has 2 N–H and O–H groups in total. The molecule has 1 aliphatic rings. The van der Waals surface area contributed by atoms with E-state index in [4.69, 9.17) is 5.73 Å². The number of piperidine rings is 1. The van der Waals surface area contributed by atoms with Crippen LogP contribution in [0, 0.1) is 17.8 Å². The number of rotatable bonds is 4. The quantitative estimate of drug-likeness (QED) is 0.748. The van der Waals surface area contributed by atoms with Crippen LogP contribution in [0.3, 0.4) is 0 Å². The second-order valence-corrected chi connectivity index (χ2v) is 5.25. The molecular weight excluding hydrogens is 172 g/mol. The fraction of sp³-hybridized carbons (Fsp3) is 1.00. The standard InChI is InChI=1S/C12H26N2/c1-10(2)12(7-13)9-14-6-4-5-11(3)8-14/h10-12H,4-9,13H2,1-3H3. The lowest BCUT2D eigenvalue weighted by Gasteiger charge is -2.34. The van der Waals surface area contributed by atoms with Crippen molar-refractivity contribution in [2.24, 2.45) is 23.5 Å². The van der Waals surface area contributed by atoms with Crippen molar-refractivity contribution in [3.63, 3.8) is 0 Å². The van der Waals surface area contributed by atoms with Gasteiger partial charge in [0.05, 0.1) is 0 Å². The highest BCUT2D eigenvalue weighted by molar-refractivity contribution is 4.74. The first-order chi connectivity index (χ1) is 6.63. The lowest BCUT2D eigenvalue weighted by molar-refractivity contribution is 0.145. The summed E-state index contributed by atoms with van der Waals surface area (Å²) in [4.78, 5) is 2.60. The zero-order valence-electron chi connectivity index (χ0n) is 10.00. The maximum absolute atomic E-state index is 5.80. The van der Waals surface area contributed by atoms with Gasteiger partial charge >= 0.3 is 0 Å². The van der Waals surface area contributed by atoms with Gasteiger partial charge in [-0.1, -0.05) is 20.8 Å². The van der Waals surface area contributed by atoms with Crippen LogP contribution in [0.1, 0.15) is 33.6 Å². The highest BCUT2D eigenvalue weighted by Crippen LogP contribution is 2.18. The third-order valence-corrected chi connectivity index (χ3v) is 3.48. The number of hydrogen-bond acceptors (Lipinski definition) is 2. The van der Waals surface area contributed by atoms with Crippen molar-refractivity contribution in [2.75, 3.05) is 26.2 Å². The SMILES string of the molecule is CC1CCCN(CC(CN)C(C)C)C1. The first kappa shape index (κ1) is 12.0. The fourth-order valence-corrected chi connectivity index (χ4v) is 2.34. The second kappa shape index (κ2) is 5.72. The number of hydrogen-bond donors (Lipinski definition) is 1. The van der Waals surface area contributed by atoms with Crippen LogP contribution in [0.5, 0.6) is 0 Å². The first-order valence-electron chi connectivity index (χ1n) is 6.06. The van der Waals surface area contributed by atoms with Crippen molar-refractivity contribution in [3.8, 4) is 0 Å². The summed E-state index contributed by atoms with van der Waals surface area (Å²) in [6, 6.07) is 0. The number of nitrogens with two attached hydrogens (primary N) is 1. The van der Waals surface area contributed by atoms with Gasteiger partial charge in [0.2, 0.25) is 0 Å². The molecule has 0 aromatic rings. The molecule has 0 radical (unpaired) electrons. The predicted molar refractivity (Wildman–Crippen MR) is 62.2 cm³/mol. The van der Waals surface area contributed by atoms with Gasteiger partial charge in [0.1, 0.15) is 0 Å². The van der Waals surface area contributed by atoms with Gasteiger partial charge in [0.25, 0.3) is 0 Å². The molecule has 1 saturated heterocycles. The molecule has 2 unspecified atom stereocenters. The molecule has 1 aliphatic heterocycles. The Labute approximate surface area is 88.8 Å². The minimum Gasteiger partial charge on any atom is -0.330 e. The predicted octanol–water partition coefficient (Wildman–Crippen LogP) is 1.95. The Kier molecular flexibility index (Phi) is 4.90. The van der Waals surface area contributed by atoms with Gasteiger partial charge in [0.15, 0.2) is 0 Å². The van der Waals surface area contributed by atoms with Gasteiger partial charge in [0, 0.05) is 13.1 Å². The van der Waals surface area contributed by atoms with Crippen LogP contribution in [0.25, 0.3) is 0 Å². The highest BCUT2D eigenvalue weighted by atomic mass is 15.1. The van der Waals surface area contributed by atoms with Crippen molar-refractivity contribution in [2.45, 2.75) is 33.6 Å². The third kappa shape index (κ3) is 3.58. The van der Waals surface area contributed by atoms with Crippen LogP contribution in [-0.4, -0.2) is 31.1 Å². The lowest BCUT2D eigenvalue weighted by atomic mass is 9.93. The van der Waals surface area contributed by atoms with E-state index in [0.29, 0.717) is 5.92 Å². The summed E-state index contributed by atoms with van der Waals surface area (Å²) < 4.78 is 0. The molecule has 0 aromatic carbocycles. The van der Waals surface area contributed by atoms with Crippen molar-refractivity contribution in [1.29, 1.82) is 0 Å². The summed E-state index contributed by atoms with van der Waals surface area (Å²) in [7, 11) is 0. The van der Waals surface area contributed by atoms with Gasteiger partial charge in [-0.3, -0.25) is 0 Å². The van der Waals surface area contributed by atoms with E-state index in [2.05, 4.69) is 25.7 Å². The molecule has 0 bridgehead atoms. The Morgan fingerprint density at radius 1 is 1.43 bits per heavy atom. The average molecular weight is 198 g/mol. The van der Waals surface area contributed by atoms with Crippen LogP contribution in [0.4, 0.5) is 0 Å². The second-order valence-electron chi connectivity index (χ2n) is 5.25. The van der Waals surface area contributed by atoms with E-state index in [1.807, 2.05) is 0 Å². The van der Waals surface area contributed by atoms with E-state index in [0.717, 1.165) is 18.4 Å². The molecule has 0 spiro atoms. The zero-order chi connectivity index (χ0) is 10.6. The first-order valence-corrected chi connectivity index (χ1v) is 6.06. The molecule has 2 nitrogen and oxygen atoms in total. The van der Waals surface area contributed by atoms with Crippen molar-refractivity contribution in [1.82, 2.24) is 4.90 Å². The van der Waals surface area contributed by atoms with Crippen molar-refractivity contribution < 1.29 is 0 Å². The largest absolute Gasteiger partial charge is 0.330 e. The monoisotopic (exact) mass is 198 g/mol. The average Bonchev–Trinajstić information content (AvgIpc) is 2.14. The molecule has 1 heterocycles. The van der Waals surface area contributed by atoms with Crippen LogP contribution in [-0.2, 0) is 0 Å². The lowest BCUT2D eigenvalue weighted by Crippen LogP contribution is -2.40. The Morgan fingerprint density at radius 3 is 2.64 bits per heavy atom. The van der Waals surface area contributed by atoms with Crippen LogP contribution in [0.2, 0.25) is 0 Å². The smallest absolute Gasteiger partial charge is 0.00243 e. The maximum Gasteiger partial charge on any atom is 0.00243 e. The summed E-state index contributed by atoms with van der Waals surface area (Å²) in [5.74, 6) is 2.28. The fourth-order valence-electron chi connectivity index (χ4n) is 2.34. The van der Waals surface area contributed by atoms with Crippen LogP contribution >= 0.6 is 0 Å². The topological polar surface area (TPSA) is 29.3 Å². The third-order valence-electron chi connectivity index (χ3n) is 3.48. The molecule has 2 atom stereocenters. The normalized spacial score (nSPS) is 26.8. The Hall–Kier alpha value is -0.0800. The minimum absolute atomic E-state index is 0.681. The van der Waals surface area contributed by atoms with E-state index >= 15 is 0 Å². The number of nitrogens with zero attached hydrogens (tertiary/aromatic N) is 1. The molecule has 2 heteroatoms. The van der Waals surface area contributed by atoms with Crippen LogP contribution in [0.15, 0.2) is 0 Å². The van der Waals surface area contributed by atoms with Gasteiger partial charge in [-0.2, -0.15) is 0 Å². The highest BCUT2D eigenvalue weighted by Gasteiger charge is 2.20. The zero-order valence-corrected chi connectivity index (χ0v) is 10.00. The Morgan fingerprint density at radius 2 is 2.14 bits per heavy atom. The Bertz CT molecular complexity index is 156. The summed E-state index contributed by atoms with van der Waals surface area (Å²) in [5.41, 5.74) is 5.80. The molecule has 0 saturated carbocycles. The number of likely N-dealkylation sites (tertiary alicyclic amines) is 1. The van der Waals surface area contributed by atoms with E-state index < -0.39 is 0 Å². The molecule has 1 fully saturated rings. The van der Waals surface area contributed by atoms with Crippen molar-refractivity contribution >= 4 is 0 Å². The minimum atomic E-state index is 0.681. The molecule has 0 aliphatic carbocycles. The van der Waals surface area contributed by atoms with E-state index in [9.17, 15) is 0 Å². The molecular formula is C12H26N2. The van der Waals surface area contributed by atoms with Gasteiger partial charge in [-0.15, -0.1) is 0 Å². The van der Waals surface area contributed by atoms with Gasteiger partial charge in [-0.05, 0) is 43.7 Å². The van der Waals surface area contributed by atoms with E-state index in [-0.39, 0.29) is 0 Å². The van der Waals surface area contributed by atoms with Crippen LogP contribution < -0.4 is 5.73 Å². The van der Waals surface area contributed by atoms with Gasteiger partial charge < -0.3 is 10.6 Å². The summed E-state index contributed by atoms with van der Waals surface area (Å²) >= 11 is 0. The summed E-state index contributed by atoms with van der Waals surface area (Å²) in [6.45, 7) is 11.5. The molecule has 14 heavy (non-hydrogen) atoms. The molecule has 1 rings (SSSR count). The van der Waals surface area contributed by atoms with Gasteiger partial charge in [-0.25, -0.2) is 0 Å². The maximum atomic E-state index is 5.80. The van der Waals surface area contributed by atoms with E-state index in [1.54, 1.807) is 0 Å². The molecule has 0 amide bonds. The summed E-state index contributed by atoms with van der Waals surface area (Å²) in [5, 5.41) is 0. The van der Waals surface area contributed by atoms with Crippen molar-refractivity contribution in [3.05, 3.63) is 0 Å². The molecule has 84 valence electrons. The molecule has 0 aromatic heterocycles. The summed E-state index contributed by atoms with van der Waals surface area (Å²) in [6.07, 6.45) is 2.78. The van der Waals surface area contributed by atoms with E-state index in [1.165, 1.54) is 32.5 Å². The Balaban J connectivity index is 2.33.